The third-order valence-corrected chi connectivity index (χ3v) is 4.32. The molecule has 0 fully saturated rings. The zero-order valence-electron chi connectivity index (χ0n) is 15.6. The number of hydrogen-bond acceptors (Lipinski definition) is 6. The molecule has 0 bridgehead atoms. The number of aryl methyl sites for hydroxylation is 1. The van der Waals surface area contributed by atoms with E-state index < -0.39 is 5.97 Å². The minimum atomic E-state index is -0.586. The van der Waals surface area contributed by atoms with Gasteiger partial charge in [-0.3, -0.25) is 4.79 Å². The number of hydrogen-bond donors (Lipinski definition) is 1. The van der Waals surface area contributed by atoms with Gasteiger partial charge in [0.2, 0.25) is 0 Å². The normalized spacial score (nSPS) is 13.9. The number of carbonyl (C=O) groups excluding carboxylic acids is 2. The van der Waals surface area contributed by atoms with Crippen molar-refractivity contribution >= 4 is 11.9 Å². The first kappa shape index (κ1) is 18.8. The minimum Gasteiger partial charge on any atom is -0.486 e. The predicted octanol–water partition coefficient (Wildman–Crippen LogP) is 3.03. The Labute approximate surface area is 157 Å². The number of amides is 1. The summed E-state index contributed by atoms with van der Waals surface area (Å²) in [5.74, 6) is 0.985. The molecule has 2 aromatic rings. The Morgan fingerprint density at radius 2 is 1.89 bits per heavy atom. The van der Waals surface area contributed by atoms with Gasteiger partial charge in [0.05, 0.1) is 12.3 Å². The second-order valence-electron chi connectivity index (χ2n) is 6.66. The molecule has 3 rings (SSSR count). The molecule has 1 aliphatic rings. The van der Waals surface area contributed by atoms with Gasteiger partial charge < -0.3 is 23.9 Å². The largest absolute Gasteiger partial charge is 0.486 e. The number of ether oxygens (including phenoxy) is 3. The second-order valence-corrected chi connectivity index (χ2v) is 6.66. The van der Waals surface area contributed by atoms with Gasteiger partial charge in [0.25, 0.3) is 5.91 Å². The molecule has 1 aromatic carbocycles. The molecule has 1 aromatic heterocycles. The fourth-order valence-corrected chi connectivity index (χ4v) is 2.91. The fourth-order valence-electron chi connectivity index (χ4n) is 2.91. The summed E-state index contributed by atoms with van der Waals surface area (Å²) in [6.45, 7) is 6.33. The van der Waals surface area contributed by atoms with Gasteiger partial charge in [0.15, 0.2) is 18.1 Å². The summed E-state index contributed by atoms with van der Waals surface area (Å²) < 4.78 is 21.3. The Balaban J connectivity index is 1.63. The quantitative estimate of drug-likeness (QED) is 0.783. The molecule has 1 N–H and O–H groups in total. The lowest BCUT2D eigenvalue weighted by atomic mass is 9.95. The van der Waals surface area contributed by atoms with E-state index in [-0.39, 0.29) is 24.5 Å². The molecule has 0 spiro atoms. The van der Waals surface area contributed by atoms with Crippen LogP contribution in [0, 0.1) is 12.8 Å². The standard InChI is InChI=1S/C20H23NO6/c1-12(2)19(14-4-5-16-17(10-14)26-9-8-25-16)21-18(22)11-27-20(23)15-6-7-24-13(15)3/h4-7,10,12,19H,8-9,11H2,1-3H3,(H,21,22)/t19-/m1/s1. The number of carbonyl (C=O) groups is 2. The second kappa shape index (κ2) is 8.16. The van der Waals surface area contributed by atoms with Crippen molar-refractivity contribution < 1.29 is 28.2 Å². The maximum absolute atomic E-state index is 12.3. The van der Waals surface area contributed by atoms with E-state index >= 15 is 0 Å². The molecule has 0 radical (unpaired) electrons. The van der Waals surface area contributed by atoms with Gasteiger partial charge in [-0.25, -0.2) is 4.79 Å². The number of esters is 1. The Hall–Kier alpha value is -2.96. The van der Waals surface area contributed by atoms with Crippen LogP contribution in [0.5, 0.6) is 11.5 Å². The minimum absolute atomic E-state index is 0.128. The lowest BCUT2D eigenvalue weighted by Gasteiger charge is -2.25. The Morgan fingerprint density at radius 1 is 1.15 bits per heavy atom. The van der Waals surface area contributed by atoms with E-state index in [0.29, 0.717) is 36.0 Å². The number of benzene rings is 1. The summed E-state index contributed by atoms with van der Waals surface area (Å²) in [7, 11) is 0. The van der Waals surface area contributed by atoms with E-state index in [9.17, 15) is 9.59 Å². The van der Waals surface area contributed by atoms with Crippen LogP contribution in [0.15, 0.2) is 34.9 Å². The van der Waals surface area contributed by atoms with Crippen LogP contribution in [0.3, 0.4) is 0 Å². The number of furan rings is 1. The first-order chi connectivity index (χ1) is 13.0. The average Bonchev–Trinajstić information content (AvgIpc) is 3.09. The van der Waals surface area contributed by atoms with Crippen molar-refractivity contribution in [3.8, 4) is 11.5 Å². The van der Waals surface area contributed by atoms with Crippen LogP contribution in [-0.2, 0) is 9.53 Å². The van der Waals surface area contributed by atoms with E-state index in [4.69, 9.17) is 18.6 Å². The van der Waals surface area contributed by atoms with E-state index in [1.54, 1.807) is 6.92 Å². The highest BCUT2D eigenvalue weighted by atomic mass is 16.6. The third kappa shape index (κ3) is 4.42. The van der Waals surface area contributed by atoms with E-state index in [0.717, 1.165) is 5.56 Å². The molecule has 0 aliphatic carbocycles. The SMILES string of the molecule is Cc1occc1C(=O)OCC(=O)N[C@@H](c1ccc2c(c1)OCCO2)C(C)C. The van der Waals surface area contributed by atoms with Gasteiger partial charge in [-0.15, -0.1) is 0 Å². The Kier molecular flexibility index (Phi) is 5.69. The molecule has 0 unspecified atom stereocenters. The van der Waals surface area contributed by atoms with Crippen LogP contribution in [0.4, 0.5) is 0 Å². The molecule has 7 nitrogen and oxygen atoms in total. The molecule has 1 aliphatic heterocycles. The molecule has 0 saturated carbocycles. The molecular formula is C20H23NO6. The maximum atomic E-state index is 12.3. The first-order valence-electron chi connectivity index (χ1n) is 8.86. The fraction of sp³-hybridized carbons (Fsp3) is 0.400. The predicted molar refractivity (Wildman–Crippen MR) is 96.9 cm³/mol. The van der Waals surface area contributed by atoms with Crippen LogP contribution in [0.25, 0.3) is 0 Å². The summed E-state index contributed by atoms with van der Waals surface area (Å²) >= 11 is 0. The lowest BCUT2D eigenvalue weighted by molar-refractivity contribution is -0.125. The molecule has 144 valence electrons. The number of rotatable bonds is 6. The van der Waals surface area contributed by atoms with Crippen molar-refractivity contribution in [2.75, 3.05) is 19.8 Å². The molecule has 1 atom stereocenters. The highest BCUT2D eigenvalue weighted by Gasteiger charge is 2.22. The van der Waals surface area contributed by atoms with Crippen molar-refractivity contribution in [1.82, 2.24) is 5.32 Å². The summed E-state index contributed by atoms with van der Waals surface area (Å²) in [6, 6.07) is 6.89. The monoisotopic (exact) mass is 373 g/mol. The van der Waals surface area contributed by atoms with Crippen LogP contribution in [0.2, 0.25) is 0 Å². The first-order valence-corrected chi connectivity index (χ1v) is 8.86. The van der Waals surface area contributed by atoms with Gasteiger partial charge in [0, 0.05) is 0 Å². The van der Waals surface area contributed by atoms with Gasteiger partial charge in [0.1, 0.15) is 24.5 Å². The maximum Gasteiger partial charge on any atom is 0.342 e. The molecule has 7 heteroatoms. The van der Waals surface area contributed by atoms with Gasteiger partial charge in [-0.1, -0.05) is 19.9 Å². The van der Waals surface area contributed by atoms with Crippen LogP contribution in [0.1, 0.15) is 41.6 Å². The summed E-state index contributed by atoms with van der Waals surface area (Å²) in [4.78, 5) is 24.3. The Morgan fingerprint density at radius 3 is 2.56 bits per heavy atom. The average molecular weight is 373 g/mol. The van der Waals surface area contributed by atoms with Gasteiger partial charge in [-0.2, -0.15) is 0 Å². The molecule has 0 saturated heterocycles. The molecule has 1 amide bonds. The van der Waals surface area contributed by atoms with Crippen LogP contribution < -0.4 is 14.8 Å². The number of fused-ring (bicyclic) bond motifs is 1. The topological polar surface area (TPSA) is 87.0 Å². The summed E-state index contributed by atoms with van der Waals surface area (Å²) in [5, 5.41) is 2.92. The molecular weight excluding hydrogens is 350 g/mol. The van der Waals surface area contributed by atoms with E-state index in [1.165, 1.54) is 12.3 Å². The number of nitrogens with one attached hydrogen (secondary N) is 1. The smallest absolute Gasteiger partial charge is 0.342 e. The van der Waals surface area contributed by atoms with Gasteiger partial charge in [-0.05, 0) is 36.6 Å². The molecule has 27 heavy (non-hydrogen) atoms. The van der Waals surface area contributed by atoms with Crippen molar-refractivity contribution in [2.24, 2.45) is 5.92 Å². The van der Waals surface area contributed by atoms with E-state index in [1.807, 2.05) is 32.0 Å². The zero-order valence-corrected chi connectivity index (χ0v) is 15.6. The highest BCUT2D eigenvalue weighted by Crippen LogP contribution is 2.34. The summed E-state index contributed by atoms with van der Waals surface area (Å²) in [5.41, 5.74) is 1.22. The zero-order chi connectivity index (χ0) is 19.4. The van der Waals surface area contributed by atoms with Crippen molar-refractivity contribution in [1.29, 1.82) is 0 Å². The Bertz CT molecular complexity index is 826. The molecule has 2 heterocycles. The van der Waals surface area contributed by atoms with Crippen LogP contribution >= 0.6 is 0 Å². The summed E-state index contributed by atoms with van der Waals surface area (Å²) in [6.07, 6.45) is 1.41. The third-order valence-electron chi connectivity index (χ3n) is 4.32. The van der Waals surface area contributed by atoms with Crippen molar-refractivity contribution in [3.63, 3.8) is 0 Å². The lowest BCUT2D eigenvalue weighted by Crippen LogP contribution is -2.35. The van der Waals surface area contributed by atoms with Crippen LogP contribution in [-0.4, -0.2) is 31.7 Å². The van der Waals surface area contributed by atoms with E-state index in [2.05, 4.69) is 5.32 Å². The van der Waals surface area contributed by atoms with Crippen molar-refractivity contribution in [2.45, 2.75) is 26.8 Å². The van der Waals surface area contributed by atoms with Gasteiger partial charge >= 0.3 is 5.97 Å². The van der Waals surface area contributed by atoms with Crippen molar-refractivity contribution in [3.05, 3.63) is 47.4 Å². The highest BCUT2D eigenvalue weighted by molar-refractivity contribution is 5.92.